The van der Waals surface area contributed by atoms with Gasteiger partial charge in [-0.25, -0.2) is 4.98 Å². The van der Waals surface area contributed by atoms with Crippen LogP contribution in [0, 0.1) is 6.92 Å². The Morgan fingerprint density at radius 1 is 1.39 bits per heavy atom. The second kappa shape index (κ2) is 8.59. The van der Waals surface area contributed by atoms with Crippen LogP contribution in [0.1, 0.15) is 22.3 Å². The number of hydrogen-bond acceptors (Lipinski definition) is 5. The highest BCUT2D eigenvalue weighted by Gasteiger charge is 2.27. The van der Waals surface area contributed by atoms with E-state index in [1.54, 1.807) is 6.20 Å². The number of amides is 1. The first-order valence-electron chi connectivity index (χ1n) is 7.07. The minimum absolute atomic E-state index is 0. The lowest BCUT2D eigenvalue weighted by Crippen LogP contribution is -2.52. The molecule has 0 aliphatic carbocycles. The molecule has 1 fully saturated rings. The van der Waals surface area contributed by atoms with E-state index in [9.17, 15) is 4.79 Å². The number of aromatic nitrogens is 2. The van der Waals surface area contributed by atoms with Crippen LogP contribution >= 0.6 is 36.2 Å². The number of nitrogens with zero attached hydrogens (tertiary/aromatic N) is 3. The third-order valence-electron chi connectivity index (χ3n) is 3.64. The first-order chi connectivity index (χ1) is 10.2. The number of rotatable bonds is 2. The topological polar surface area (TPSA) is 58.1 Å². The number of piperazine rings is 1. The summed E-state index contributed by atoms with van der Waals surface area (Å²) in [6.07, 6.45) is 1.74. The highest BCUT2D eigenvalue weighted by Crippen LogP contribution is 2.28. The van der Waals surface area contributed by atoms with Crippen LogP contribution in [0.4, 0.5) is 0 Å². The molecule has 1 amide bonds. The Balaban J connectivity index is 0.00000132. The first kappa shape index (κ1) is 19.8. The monoisotopic (exact) mass is 374 g/mol. The summed E-state index contributed by atoms with van der Waals surface area (Å²) in [4.78, 5) is 24.2. The van der Waals surface area contributed by atoms with E-state index in [-0.39, 0.29) is 36.8 Å². The predicted molar refractivity (Wildman–Crippen MR) is 97.9 cm³/mol. The van der Waals surface area contributed by atoms with Crippen LogP contribution in [0.25, 0.3) is 10.7 Å². The zero-order valence-corrected chi connectivity index (χ0v) is 15.4. The van der Waals surface area contributed by atoms with Crippen molar-refractivity contribution in [1.29, 1.82) is 0 Å². The third-order valence-corrected chi connectivity index (χ3v) is 4.80. The van der Waals surface area contributed by atoms with Crippen molar-refractivity contribution in [2.45, 2.75) is 19.9 Å². The van der Waals surface area contributed by atoms with Gasteiger partial charge in [0.15, 0.2) is 0 Å². The van der Waals surface area contributed by atoms with Crippen LogP contribution in [-0.4, -0.2) is 46.5 Å². The summed E-state index contributed by atoms with van der Waals surface area (Å²) in [5, 5.41) is 4.11. The van der Waals surface area contributed by atoms with E-state index in [0.717, 1.165) is 40.9 Å². The maximum atomic E-state index is 12.7. The quantitative estimate of drug-likeness (QED) is 0.877. The number of halogens is 2. The van der Waals surface area contributed by atoms with E-state index >= 15 is 0 Å². The maximum absolute atomic E-state index is 12.7. The second-order valence-corrected chi connectivity index (χ2v) is 6.20. The van der Waals surface area contributed by atoms with Gasteiger partial charge in [0.2, 0.25) is 0 Å². The molecule has 0 saturated carbocycles. The minimum atomic E-state index is 0. The lowest BCUT2D eigenvalue weighted by molar-refractivity contribution is 0.0660. The Labute approximate surface area is 152 Å². The largest absolute Gasteiger partial charge is 0.333 e. The fourth-order valence-electron chi connectivity index (χ4n) is 2.47. The van der Waals surface area contributed by atoms with Crippen LogP contribution in [-0.2, 0) is 0 Å². The summed E-state index contributed by atoms with van der Waals surface area (Å²) in [7, 11) is 0. The Kier molecular flexibility index (Phi) is 7.41. The van der Waals surface area contributed by atoms with Gasteiger partial charge >= 0.3 is 0 Å². The van der Waals surface area contributed by atoms with Crippen LogP contribution in [0.15, 0.2) is 24.4 Å². The van der Waals surface area contributed by atoms with Crippen LogP contribution in [0.2, 0.25) is 0 Å². The first-order valence-corrected chi connectivity index (χ1v) is 7.89. The Bertz CT molecular complexity index is 650. The molecule has 23 heavy (non-hydrogen) atoms. The van der Waals surface area contributed by atoms with Crippen molar-refractivity contribution in [3.63, 3.8) is 0 Å². The molecule has 0 bridgehead atoms. The molecule has 5 nitrogen and oxygen atoms in total. The van der Waals surface area contributed by atoms with Crippen molar-refractivity contribution in [2.24, 2.45) is 0 Å². The molecule has 0 spiro atoms. The fourth-order valence-corrected chi connectivity index (χ4v) is 3.47. The number of thiazole rings is 1. The van der Waals surface area contributed by atoms with Gasteiger partial charge in [0.25, 0.3) is 5.91 Å². The van der Waals surface area contributed by atoms with Crippen molar-refractivity contribution in [2.75, 3.05) is 19.6 Å². The summed E-state index contributed by atoms with van der Waals surface area (Å²) in [6, 6.07) is 5.93. The standard InChI is InChI=1S/C15H18N4OS.2ClH/c1-10-9-16-7-8-19(10)15(20)13-11(2)18-14(21-13)12-5-3-4-6-17-12;;/h3-6,10,16H,7-9H2,1-2H3;2*1H/t10-;;/m0../s1. The molecule has 3 rings (SSSR count). The van der Waals surface area contributed by atoms with Gasteiger partial charge < -0.3 is 10.2 Å². The average molecular weight is 375 g/mol. The molecule has 1 aliphatic heterocycles. The highest BCUT2D eigenvalue weighted by molar-refractivity contribution is 7.17. The summed E-state index contributed by atoms with van der Waals surface area (Å²) < 4.78 is 0. The normalized spacial score (nSPS) is 17.1. The summed E-state index contributed by atoms with van der Waals surface area (Å²) in [6.45, 7) is 6.40. The number of pyridine rings is 1. The van der Waals surface area contributed by atoms with Crippen molar-refractivity contribution in [1.82, 2.24) is 20.2 Å². The van der Waals surface area contributed by atoms with Crippen LogP contribution in [0.3, 0.4) is 0 Å². The highest BCUT2D eigenvalue weighted by atomic mass is 35.5. The number of carbonyl (C=O) groups excluding carboxylic acids is 1. The predicted octanol–water partition coefficient (Wildman–Crippen LogP) is 2.79. The minimum Gasteiger partial charge on any atom is -0.333 e. The van der Waals surface area contributed by atoms with Gasteiger partial charge in [-0.3, -0.25) is 9.78 Å². The van der Waals surface area contributed by atoms with E-state index in [4.69, 9.17) is 0 Å². The number of hydrogen-bond donors (Lipinski definition) is 1. The van der Waals surface area contributed by atoms with Gasteiger partial charge in [0.05, 0.1) is 11.4 Å². The molecule has 1 saturated heterocycles. The van der Waals surface area contributed by atoms with Gasteiger partial charge in [0.1, 0.15) is 9.88 Å². The molecule has 2 aromatic rings. The van der Waals surface area contributed by atoms with Gasteiger partial charge in [-0.15, -0.1) is 36.2 Å². The van der Waals surface area contributed by atoms with E-state index in [1.807, 2.05) is 30.0 Å². The molecule has 126 valence electrons. The Morgan fingerprint density at radius 3 is 2.83 bits per heavy atom. The molecule has 3 heterocycles. The zero-order valence-electron chi connectivity index (χ0n) is 13.0. The van der Waals surface area contributed by atoms with Crippen LogP contribution in [0.5, 0.6) is 0 Å². The van der Waals surface area contributed by atoms with E-state index < -0.39 is 0 Å². The van der Waals surface area contributed by atoms with Gasteiger partial charge in [-0.2, -0.15) is 0 Å². The molecular weight excluding hydrogens is 355 g/mol. The van der Waals surface area contributed by atoms with Crippen molar-refractivity contribution >= 4 is 42.1 Å². The summed E-state index contributed by atoms with van der Waals surface area (Å²) in [5.41, 5.74) is 1.61. The van der Waals surface area contributed by atoms with Crippen molar-refractivity contribution in [3.05, 3.63) is 35.0 Å². The smallest absolute Gasteiger partial charge is 0.266 e. The summed E-state index contributed by atoms with van der Waals surface area (Å²) in [5.74, 6) is 0.0844. The van der Waals surface area contributed by atoms with E-state index in [0.29, 0.717) is 0 Å². The maximum Gasteiger partial charge on any atom is 0.266 e. The fraction of sp³-hybridized carbons (Fsp3) is 0.400. The zero-order chi connectivity index (χ0) is 14.8. The van der Waals surface area contributed by atoms with Crippen molar-refractivity contribution < 1.29 is 4.79 Å². The molecule has 8 heteroatoms. The van der Waals surface area contributed by atoms with Gasteiger partial charge in [-0.1, -0.05) is 6.07 Å². The Hall–Kier alpha value is -1.21. The average Bonchev–Trinajstić information content (AvgIpc) is 2.90. The second-order valence-electron chi connectivity index (χ2n) is 5.20. The Morgan fingerprint density at radius 2 is 2.17 bits per heavy atom. The summed E-state index contributed by atoms with van der Waals surface area (Å²) >= 11 is 1.43. The molecule has 0 aromatic carbocycles. The molecule has 1 N–H and O–H groups in total. The molecule has 1 atom stereocenters. The molecular formula is C15H20Cl2N4OS. The molecule has 2 aromatic heterocycles. The number of carbonyl (C=O) groups is 1. The molecule has 1 aliphatic rings. The lowest BCUT2D eigenvalue weighted by atomic mass is 10.2. The lowest BCUT2D eigenvalue weighted by Gasteiger charge is -2.33. The van der Waals surface area contributed by atoms with Gasteiger partial charge in [0, 0.05) is 31.9 Å². The van der Waals surface area contributed by atoms with Crippen LogP contribution < -0.4 is 5.32 Å². The van der Waals surface area contributed by atoms with Crippen molar-refractivity contribution in [3.8, 4) is 10.7 Å². The third kappa shape index (κ3) is 4.20. The SMILES string of the molecule is Cc1nc(-c2ccccn2)sc1C(=O)N1CCNC[C@@H]1C.Cl.Cl. The van der Waals surface area contributed by atoms with E-state index in [1.165, 1.54) is 11.3 Å². The number of nitrogens with one attached hydrogen (secondary N) is 1. The van der Waals surface area contributed by atoms with Gasteiger partial charge in [-0.05, 0) is 26.0 Å². The number of aryl methyl sites for hydroxylation is 1. The molecule has 0 radical (unpaired) electrons. The van der Waals surface area contributed by atoms with E-state index in [2.05, 4.69) is 22.2 Å². The molecule has 0 unspecified atom stereocenters.